The zero-order valence-electron chi connectivity index (χ0n) is 9.75. The molecule has 1 rings (SSSR count). The fourth-order valence-electron chi connectivity index (χ4n) is 2.07. The lowest BCUT2D eigenvalue weighted by molar-refractivity contribution is -0.0249. The lowest BCUT2D eigenvalue weighted by Crippen LogP contribution is -2.51. The molecule has 14 heavy (non-hydrogen) atoms. The summed E-state index contributed by atoms with van der Waals surface area (Å²) in [6.45, 7) is 11.9. The Bertz CT molecular complexity index is 141. The summed E-state index contributed by atoms with van der Waals surface area (Å²) in [6.07, 6.45) is 1.59. The zero-order valence-corrected chi connectivity index (χ0v) is 9.75. The molecule has 1 fully saturated rings. The fourth-order valence-corrected chi connectivity index (χ4v) is 2.07. The molecular weight excluding hydrogens is 176 g/mol. The van der Waals surface area contributed by atoms with E-state index in [-0.39, 0.29) is 0 Å². The van der Waals surface area contributed by atoms with E-state index in [9.17, 15) is 0 Å². The number of rotatable bonds is 5. The number of nitrogens with one attached hydrogen (secondary N) is 1. The minimum atomic E-state index is 0.371. The second-order valence-electron chi connectivity index (χ2n) is 3.98. The molecule has 1 aliphatic rings. The van der Waals surface area contributed by atoms with Crippen molar-refractivity contribution in [1.29, 1.82) is 0 Å². The highest BCUT2D eigenvalue weighted by Gasteiger charge is 2.24. The van der Waals surface area contributed by atoms with Gasteiger partial charge in [-0.2, -0.15) is 0 Å². The van der Waals surface area contributed by atoms with E-state index in [0.29, 0.717) is 12.1 Å². The first kappa shape index (κ1) is 12.0. The van der Waals surface area contributed by atoms with Gasteiger partial charge in [-0.3, -0.25) is 4.90 Å². The second kappa shape index (κ2) is 6.38. The number of ether oxygens (including phenoxy) is 1. The molecule has 1 aliphatic heterocycles. The highest BCUT2D eigenvalue weighted by Crippen LogP contribution is 2.10. The van der Waals surface area contributed by atoms with Gasteiger partial charge < -0.3 is 10.1 Å². The van der Waals surface area contributed by atoms with E-state index < -0.39 is 0 Å². The predicted octanol–water partition coefficient (Wildman–Crippen LogP) is 1.10. The van der Waals surface area contributed by atoms with Gasteiger partial charge in [-0.1, -0.05) is 13.8 Å². The standard InChI is InChI=1S/C11H24N2O/c1-4-7-13(5-2)10(3)11-9-12-6-8-14-11/h10-12H,4-9H2,1-3H3. The molecule has 2 unspecified atom stereocenters. The van der Waals surface area contributed by atoms with Crippen molar-refractivity contribution in [3.05, 3.63) is 0 Å². The van der Waals surface area contributed by atoms with Crippen LogP contribution in [0.4, 0.5) is 0 Å². The van der Waals surface area contributed by atoms with Crippen LogP contribution in [0.25, 0.3) is 0 Å². The molecule has 0 aromatic carbocycles. The van der Waals surface area contributed by atoms with Crippen LogP contribution >= 0.6 is 0 Å². The average Bonchev–Trinajstić information content (AvgIpc) is 2.26. The van der Waals surface area contributed by atoms with E-state index in [2.05, 4.69) is 31.0 Å². The third-order valence-electron chi connectivity index (χ3n) is 2.99. The maximum Gasteiger partial charge on any atom is 0.0852 e. The van der Waals surface area contributed by atoms with Crippen LogP contribution in [0.15, 0.2) is 0 Å². The number of hydrogen-bond acceptors (Lipinski definition) is 3. The largest absolute Gasteiger partial charge is 0.374 e. The monoisotopic (exact) mass is 200 g/mol. The molecule has 1 heterocycles. The van der Waals surface area contributed by atoms with E-state index in [0.717, 1.165) is 26.2 Å². The molecule has 3 nitrogen and oxygen atoms in total. The van der Waals surface area contributed by atoms with Gasteiger partial charge in [0.15, 0.2) is 0 Å². The molecule has 0 spiro atoms. The van der Waals surface area contributed by atoms with E-state index in [4.69, 9.17) is 4.74 Å². The topological polar surface area (TPSA) is 24.5 Å². The van der Waals surface area contributed by atoms with E-state index in [1.54, 1.807) is 0 Å². The van der Waals surface area contributed by atoms with Crippen molar-refractivity contribution in [3.63, 3.8) is 0 Å². The highest BCUT2D eigenvalue weighted by molar-refractivity contribution is 4.79. The molecule has 2 atom stereocenters. The van der Waals surface area contributed by atoms with Gasteiger partial charge in [0.25, 0.3) is 0 Å². The molecule has 1 N–H and O–H groups in total. The van der Waals surface area contributed by atoms with Gasteiger partial charge in [0.05, 0.1) is 12.7 Å². The molecule has 3 heteroatoms. The Morgan fingerprint density at radius 2 is 2.29 bits per heavy atom. The molecule has 1 saturated heterocycles. The van der Waals surface area contributed by atoms with Crippen LogP contribution in [0.2, 0.25) is 0 Å². The third-order valence-corrected chi connectivity index (χ3v) is 2.99. The van der Waals surface area contributed by atoms with Gasteiger partial charge in [0.2, 0.25) is 0 Å². The smallest absolute Gasteiger partial charge is 0.0852 e. The summed E-state index contributed by atoms with van der Waals surface area (Å²) in [7, 11) is 0. The predicted molar refractivity (Wildman–Crippen MR) is 59.6 cm³/mol. The first-order chi connectivity index (χ1) is 6.79. The fraction of sp³-hybridized carbons (Fsp3) is 1.00. The lowest BCUT2D eigenvalue weighted by Gasteiger charge is -2.36. The van der Waals surface area contributed by atoms with Gasteiger partial charge in [-0.05, 0) is 26.4 Å². The summed E-state index contributed by atoms with van der Waals surface area (Å²) >= 11 is 0. The molecule has 0 aromatic rings. The quantitative estimate of drug-likeness (QED) is 0.719. The second-order valence-corrected chi connectivity index (χ2v) is 3.98. The summed E-state index contributed by atoms with van der Waals surface area (Å²) in [4.78, 5) is 2.50. The Balaban J connectivity index is 2.38. The van der Waals surface area contributed by atoms with Gasteiger partial charge >= 0.3 is 0 Å². The van der Waals surface area contributed by atoms with Crippen molar-refractivity contribution in [2.75, 3.05) is 32.8 Å². The lowest BCUT2D eigenvalue weighted by atomic mass is 10.1. The van der Waals surface area contributed by atoms with Crippen LogP contribution < -0.4 is 5.32 Å². The minimum absolute atomic E-state index is 0.371. The van der Waals surface area contributed by atoms with Crippen molar-refractivity contribution in [3.8, 4) is 0 Å². The zero-order chi connectivity index (χ0) is 10.4. The van der Waals surface area contributed by atoms with Crippen LogP contribution in [0.1, 0.15) is 27.2 Å². The summed E-state index contributed by atoms with van der Waals surface area (Å²) < 4.78 is 5.76. The average molecular weight is 200 g/mol. The van der Waals surface area contributed by atoms with Crippen molar-refractivity contribution in [1.82, 2.24) is 10.2 Å². The van der Waals surface area contributed by atoms with Crippen molar-refractivity contribution in [2.45, 2.75) is 39.3 Å². The molecule has 0 aromatic heterocycles. The van der Waals surface area contributed by atoms with Crippen molar-refractivity contribution >= 4 is 0 Å². The van der Waals surface area contributed by atoms with Crippen molar-refractivity contribution < 1.29 is 4.74 Å². The van der Waals surface area contributed by atoms with Crippen LogP contribution in [-0.4, -0.2) is 49.8 Å². The van der Waals surface area contributed by atoms with Crippen LogP contribution in [-0.2, 0) is 4.74 Å². The number of nitrogens with zero attached hydrogens (tertiary/aromatic N) is 1. The summed E-state index contributed by atoms with van der Waals surface area (Å²) in [5.74, 6) is 0. The molecule has 84 valence electrons. The van der Waals surface area contributed by atoms with Gasteiger partial charge in [-0.25, -0.2) is 0 Å². The van der Waals surface area contributed by atoms with Crippen LogP contribution in [0.3, 0.4) is 0 Å². The molecular formula is C11H24N2O. The Morgan fingerprint density at radius 3 is 2.79 bits per heavy atom. The maximum atomic E-state index is 5.76. The number of hydrogen-bond donors (Lipinski definition) is 1. The third kappa shape index (κ3) is 3.23. The van der Waals surface area contributed by atoms with E-state index in [1.807, 2.05) is 0 Å². The molecule has 0 bridgehead atoms. The first-order valence-corrected chi connectivity index (χ1v) is 5.86. The molecule has 0 aliphatic carbocycles. The molecule has 0 amide bonds. The maximum absolute atomic E-state index is 5.76. The molecule has 0 saturated carbocycles. The summed E-state index contributed by atoms with van der Waals surface area (Å²) in [5.41, 5.74) is 0. The Morgan fingerprint density at radius 1 is 1.50 bits per heavy atom. The summed E-state index contributed by atoms with van der Waals surface area (Å²) in [5, 5.41) is 3.39. The van der Waals surface area contributed by atoms with Crippen LogP contribution in [0.5, 0.6) is 0 Å². The van der Waals surface area contributed by atoms with Crippen molar-refractivity contribution in [2.24, 2.45) is 0 Å². The number of likely N-dealkylation sites (N-methyl/N-ethyl adjacent to an activating group) is 1. The minimum Gasteiger partial charge on any atom is -0.374 e. The molecule has 0 radical (unpaired) electrons. The van der Waals surface area contributed by atoms with Crippen LogP contribution in [0, 0.1) is 0 Å². The van der Waals surface area contributed by atoms with Gasteiger partial charge in [0.1, 0.15) is 0 Å². The Kier molecular flexibility index (Phi) is 5.45. The van der Waals surface area contributed by atoms with Gasteiger partial charge in [-0.15, -0.1) is 0 Å². The van der Waals surface area contributed by atoms with Gasteiger partial charge in [0, 0.05) is 19.1 Å². The van der Waals surface area contributed by atoms with E-state index >= 15 is 0 Å². The normalized spacial score (nSPS) is 25.3. The summed E-state index contributed by atoms with van der Waals surface area (Å²) in [6, 6.07) is 0.535. The Labute approximate surface area is 87.8 Å². The number of morpholine rings is 1. The first-order valence-electron chi connectivity index (χ1n) is 5.86. The Hall–Kier alpha value is -0.120. The van der Waals surface area contributed by atoms with E-state index in [1.165, 1.54) is 13.0 Å². The SMILES string of the molecule is CCCN(CC)C(C)C1CNCCO1. The highest BCUT2D eigenvalue weighted by atomic mass is 16.5.